The van der Waals surface area contributed by atoms with Crippen molar-refractivity contribution in [1.29, 1.82) is 0 Å². The highest BCUT2D eigenvalue weighted by Gasteiger charge is 2.23. The Kier molecular flexibility index (Phi) is 5.61. The molecule has 2 heterocycles. The maximum Gasteiger partial charge on any atom is 0.146 e. The summed E-state index contributed by atoms with van der Waals surface area (Å²) in [7, 11) is 0. The van der Waals surface area contributed by atoms with Crippen molar-refractivity contribution in [3.8, 4) is 11.3 Å². The van der Waals surface area contributed by atoms with Crippen LogP contribution in [0.25, 0.3) is 22.3 Å². The number of nitrogens with one attached hydrogen (secondary N) is 1. The molecule has 1 N–H and O–H groups in total. The monoisotopic (exact) mass is 438 g/mol. The fourth-order valence-electron chi connectivity index (χ4n) is 4.09. The van der Waals surface area contributed by atoms with Crippen molar-refractivity contribution in [2.24, 2.45) is 0 Å². The van der Waals surface area contributed by atoms with Crippen molar-refractivity contribution in [2.75, 3.05) is 4.90 Å². The average Bonchev–Trinajstić information content (AvgIpc) is 3.31. The van der Waals surface area contributed by atoms with Gasteiger partial charge in [0.05, 0.1) is 11.4 Å². The Labute approximate surface area is 192 Å². The fourth-order valence-corrected chi connectivity index (χ4v) is 4.26. The molecule has 5 aromatic rings. The van der Waals surface area contributed by atoms with Crippen molar-refractivity contribution >= 4 is 34.1 Å². The van der Waals surface area contributed by atoms with Crippen LogP contribution in [0.5, 0.6) is 0 Å². The number of hydrogen-bond donors (Lipinski definition) is 1. The third-order valence-corrected chi connectivity index (χ3v) is 6.04. The fraction of sp³-hybridized carbons (Fsp3) is 0.111. The molecule has 0 saturated carbocycles. The molecule has 0 amide bonds. The van der Waals surface area contributed by atoms with E-state index in [1.165, 1.54) is 5.56 Å². The summed E-state index contributed by atoms with van der Waals surface area (Å²) in [6.07, 6.45) is 1.63. The first-order valence-corrected chi connectivity index (χ1v) is 11.2. The molecule has 4 nitrogen and oxygen atoms in total. The Balaban J connectivity index is 1.67. The highest BCUT2D eigenvalue weighted by molar-refractivity contribution is 6.17. The summed E-state index contributed by atoms with van der Waals surface area (Å²) in [5, 5.41) is 0.977. The number of anilines is 2. The number of aromatic amines is 1. The second-order valence-electron chi connectivity index (χ2n) is 7.77. The van der Waals surface area contributed by atoms with Crippen LogP contribution in [-0.2, 0) is 5.88 Å². The maximum atomic E-state index is 6.05. The van der Waals surface area contributed by atoms with Crippen LogP contribution in [0.1, 0.15) is 24.1 Å². The van der Waals surface area contributed by atoms with Gasteiger partial charge in [0.25, 0.3) is 0 Å². The number of halogens is 1. The van der Waals surface area contributed by atoms with Gasteiger partial charge in [-0.25, -0.2) is 9.97 Å². The zero-order chi connectivity index (χ0) is 21.9. The van der Waals surface area contributed by atoms with E-state index in [0.717, 1.165) is 39.4 Å². The van der Waals surface area contributed by atoms with Gasteiger partial charge in [0.1, 0.15) is 17.8 Å². The van der Waals surface area contributed by atoms with E-state index in [2.05, 4.69) is 88.5 Å². The number of rotatable bonds is 6. The number of benzene rings is 3. The second-order valence-corrected chi connectivity index (χ2v) is 8.04. The van der Waals surface area contributed by atoms with Crippen LogP contribution in [0.2, 0.25) is 0 Å². The minimum atomic E-state index is 0.0784. The van der Waals surface area contributed by atoms with Crippen LogP contribution in [0, 0.1) is 0 Å². The van der Waals surface area contributed by atoms with Gasteiger partial charge in [-0.15, -0.1) is 11.6 Å². The van der Waals surface area contributed by atoms with E-state index >= 15 is 0 Å². The van der Waals surface area contributed by atoms with Gasteiger partial charge in [0, 0.05) is 17.3 Å². The van der Waals surface area contributed by atoms with E-state index in [9.17, 15) is 0 Å². The van der Waals surface area contributed by atoms with Crippen molar-refractivity contribution in [3.63, 3.8) is 0 Å². The van der Waals surface area contributed by atoms with E-state index in [4.69, 9.17) is 16.6 Å². The van der Waals surface area contributed by atoms with E-state index in [1.54, 1.807) is 6.33 Å². The SMILES string of the molecule is C[C@H](c1ccccc1)N(c1ccccc1)c1ncnc2[nH]c(-c3cccc(CCl)c3)cc12. The summed E-state index contributed by atoms with van der Waals surface area (Å²) in [4.78, 5) is 15.0. The number of fused-ring (bicyclic) bond motifs is 1. The smallest absolute Gasteiger partial charge is 0.146 e. The molecular formula is C27H23ClN4. The maximum absolute atomic E-state index is 6.05. The molecule has 2 aromatic heterocycles. The lowest BCUT2D eigenvalue weighted by Gasteiger charge is -2.31. The summed E-state index contributed by atoms with van der Waals surface area (Å²) < 4.78 is 0. The summed E-state index contributed by atoms with van der Waals surface area (Å²) in [5.41, 5.74) is 6.26. The van der Waals surface area contributed by atoms with E-state index in [1.807, 2.05) is 24.3 Å². The Hall–Kier alpha value is -3.63. The van der Waals surface area contributed by atoms with Gasteiger partial charge in [-0.2, -0.15) is 0 Å². The van der Waals surface area contributed by atoms with Gasteiger partial charge >= 0.3 is 0 Å². The number of hydrogen-bond acceptors (Lipinski definition) is 3. The Bertz CT molecular complexity index is 1330. The predicted octanol–water partition coefficient (Wildman–Crippen LogP) is 7.26. The van der Waals surface area contributed by atoms with Crippen LogP contribution in [-0.4, -0.2) is 15.0 Å². The lowest BCUT2D eigenvalue weighted by molar-refractivity contribution is 0.764. The molecule has 158 valence electrons. The molecule has 0 saturated heterocycles. The van der Waals surface area contributed by atoms with Gasteiger partial charge in [-0.1, -0.05) is 66.7 Å². The molecule has 0 fully saturated rings. The predicted molar refractivity (Wildman–Crippen MR) is 132 cm³/mol. The molecule has 1 atom stereocenters. The van der Waals surface area contributed by atoms with Crippen LogP contribution in [0.15, 0.2) is 97.3 Å². The van der Waals surface area contributed by atoms with Gasteiger partial charge in [0.2, 0.25) is 0 Å². The normalized spacial score (nSPS) is 12.1. The third kappa shape index (κ3) is 3.85. The van der Waals surface area contributed by atoms with Crippen LogP contribution < -0.4 is 4.90 Å². The van der Waals surface area contributed by atoms with E-state index < -0.39 is 0 Å². The summed E-state index contributed by atoms with van der Waals surface area (Å²) in [6, 6.07) is 31.3. The summed E-state index contributed by atoms with van der Waals surface area (Å²) in [5.74, 6) is 1.35. The average molecular weight is 439 g/mol. The zero-order valence-corrected chi connectivity index (χ0v) is 18.5. The number of H-pyrrole nitrogens is 1. The molecule has 0 aliphatic rings. The number of aromatic nitrogens is 3. The molecule has 0 bridgehead atoms. The minimum absolute atomic E-state index is 0.0784. The summed E-state index contributed by atoms with van der Waals surface area (Å²) >= 11 is 6.05. The van der Waals surface area contributed by atoms with Crippen LogP contribution in [0.3, 0.4) is 0 Å². The molecule has 0 radical (unpaired) electrons. The van der Waals surface area contributed by atoms with Gasteiger partial charge in [-0.05, 0) is 47.9 Å². The molecule has 0 unspecified atom stereocenters. The number of alkyl halides is 1. The minimum Gasteiger partial charge on any atom is -0.339 e. The van der Waals surface area contributed by atoms with Gasteiger partial charge < -0.3 is 9.88 Å². The van der Waals surface area contributed by atoms with Crippen molar-refractivity contribution in [2.45, 2.75) is 18.8 Å². The first-order valence-electron chi connectivity index (χ1n) is 10.6. The van der Waals surface area contributed by atoms with Crippen LogP contribution in [0.4, 0.5) is 11.5 Å². The molecular weight excluding hydrogens is 416 g/mol. The topological polar surface area (TPSA) is 44.8 Å². The standard InChI is InChI=1S/C27H23ClN4/c1-19(21-10-4-2-5-11-21)32(23-13-6-3-7-14-23)27-24-16-25(31-26(24)29-18-30-27)22-12-8-9-20(15-22)17-28/h2-16,18-19H,17H2,1H3,(H,29,30,31)/t19-/m1/s1. The van der Waals surface area contributed by atoms with Gasteiger partial charge in [0.15, 0.2) is 0 Å². The van der Waals surface area contributed by atoms with Gasteiger partial charge in [-0.3, -0.25) is 0 Å². The molecule has 32 heavy (non-hydrogen) atoms. The number of nitrogens with zero attached hydrogens (tertiary/aromatic N) is 3. The van der Waals surface area contributed by atoms with Crippen molar-refractivity contribution < 1.29 is 0 Å². The first kappa shape index (κ1) is 20.3. The highest BCUT2D eigenvalue weighted by Crippen LogP contribution is 2.38. The Morgan fingerprint density at radius 1 is 0.875 bits per heavy atom. The second kappa shape index (κ2) is 8.85. The molecule has 3 aromatic carbocycles. The molecule has 0 spiro atoms. The Morgan fingerprint density at radius 2 is 1.62 bits per heavy atom. The lowest BCUT2D eigenvalue weighted by atomic mass is 10.1. The van der Waals surface area contributed by atoms with Crippen molar-refractivity contribution in [3.05, 3.63) is 108 Å². The number of para-hydroxylation sites is 1. The zero-order valence-electron chi connectivity index (χ0n) is 17.7. The molecule has 0 aliphatic heterocycles. The molecule has 5 heteroatoms. The third-order valence-electron chi connectivity index (χ3n) is 5.73. The summed E-state index contributed by atoms with van der Waals surface area (Å²) in [6.45, 7) is 2.20. The Morgan fingerprint density at radius 3 is 2.38 bits per heavy atom. The quantitative estimate of drug-likeness (QED) is 0.283. The lowest BCUT2D eigenvalue weighted by Crippen LogP contribution is -2.22. The van der Waals surface area contributed by atoms with E-state index in [-0.39, 0.29) is 6.04 Å². The molecule has 0 aliphatic carbocycles. The van der Waals surface area contributed by atoms with E-state index in [0.29, 0.717) is 5.88 Å². The molecule has 5 rings (SSSR count). The van der Waals surface area contributed by atoms with Crippen molar-refractivity contribution in [1.82, 2.24) is 15.0 Å². The largest absolute Gasteiger partial charge is 0.339 e. The van der Waals surface area contributed by atoms with Crippen LogP contribution >= 0.6 is 11.6 Å². The first-order chi connectivity index (χ1) is 15.7. The highest BCUT2D eigenvalue weighted by atomic mass is 35.5.